The minimum atomic E-state index is -0.496. The zero-order valence-corrected chi connectivity index (χ0v) is 15.4. The van der Waals surface area contributed by atoms with Crippen molar-refractivity contribution < 1.29 is 19.0 Å². The molecule has 0 fully saturated rings. The molecule has 0 radical (unpaired) electrons. The lowest BCUT2D eigenvalue weighted by Crippen LogP contribution is -2.22. The van der Waals surface area contributed by atoms with Crippen LogP contribution in [0.2, 0.25) is 0 Å². The highest BCUT2D eigenvalue weighted by Gasteiger charge is 2.26. The van der Waals surface area contributed by atoms with E-state index >= 15 is 0 Å². The zero-order valence-electron chi connectivity index (χ0n) is 13.8. The van der Waals surface area contributed by atoms with E-state index in [0.29, 0.717) is 28.0 Å². The summed E-state index contributed by atoms with van der Waals surface area (Å²) in [5.41, 5.74) is 11.0. The van der Waals surface area contributed by atoms with Crippen LogP contribution in [0.25, 0.3) is 10.4 Å². The number of ether oxygens (including phenoxy) is 3. The maximum Gasteiger partial charge on any atom is 0.339 e. The van der Waals surface area contributed by atoms with Gasteiger partial charge in [-0.2, -0.15) is 0 Å². The zero-order chi connectivity index (χ0) is 18.4. The molecule has 7 nitrogen and oxygen atoms in total. The van der Waals surface area contributed by atoms with Crippen molar-refractivity contribution in [1.82, 2.24) is 0 Å². The average molecular weight is 418 g/mol. The second-order valence-corrected chi connectivity index (χ2v) is 6.50. The van der Waals surface area contributed by atoms with Crippen molar-refractivity contribution in [3.63, 3.8) is 0 Å². The largest absolute Gasteiger partial charge is 0.491 e. The lowest BCUT2D eigenvalue weighted by atomic mass is 10.1. The van der Waals surface area contributed by atoms with Gasteiger partial charge < -0.3 is 14.2 Å². The molecule has 0 aliphatic carbocycles. The van der Waals surface area contributed by atoms with Gasteiger partial charge in [0.25, 0.3) is 0 Å². The van der Waals surface area contributed by atoms with E-state index in [4.69, 9.17) is 19.7 Å². The van der Waals surface area contributed by atoms with Gasteiger partial charge in [-0.15, -0.1) is 0 Å². The van der Waals surface area contributed by atoms with Gasteiger partial charge in [-0.25, -0.2) is 4.79 Å². The van der Waals surface area contributed by atoms with Crippen LogP contribution in [0.5, 0.6) is 5.75 Å². The van der Waals surface area contributed by atoms with Gasteiger partial charge in [0.1, 0.15) is 12.4 Å². The Kier molecular flexibility index (Phi) is 6.12. The normalized spacial score (nSPS) is 13.5. The summed E-state index contributed by atoms with van der Waals surface area (Å²) in [4.78, 5) is 14.5. The van der Waals surface area contributed by atoms with Gasteiger partial charge in [0.15, 0.2) is 0 Å². The number of cyclic esters (lactones) is 1. The molecular formula is C18H16BrN3O4. The SMILES string of the molecule is [N-]=[N+]=NC(COCc1ccccc1)COc1c(Br)ccc2c1COC2=O. The van der Waals surface area contributed by atoms with Gasteiger partial charge in [-0.05, 0) is 39.2 Å². The Morgan fingerprint density at radius 1 is 1.23 bits per heavy atom. The number of nitrogens with zero attached hydrogens (tertiary/aromatic N) is 3. The van der Waals surface area contributed by atoms with Crippen molar-refractivity contribution in [2.24, 2.45) is 5.11 Å². The standard InChI is InChI=1S/C18H16BrN3O4/c19-16-7-6-14-15(11-26-18(14)23)17(16)25-10-13(21-22-20)9-24-8-12-4-2-1-3-5-12/h1-7,13H,8-11H2. The van der Waals surface area contributed by atoms with Crippen LogP contribution in [-0.4, -0.2) is 25.2 Å². The fraction of sp³-hybridized carbons (Fsp3) is 0.278. The van der Waals surface area contributed by atoms with E-state index in [-0.39, 0.29) is 25.8 Å². The predicted molar refractivity (Wildman–Crippen MR) is 97.8 cm³/mol. The predicted octanol–water partition coefficient (Wildman–Crippen LogP) is 4.39. The molecule has 0 spiro atoms. The first kappa shape index (κ1) is 18.3. The van der Waals surface area contributed by atoms with Crippen LogP contribution >= 0.6 is 15.9 Å². The number of fused-ring (bicyclic) bond motifs is 1. The highest BCUT2D eigenvalue weighted by atomic mass is 79.9. The van der Waals surface area contributed by atoms with E-state index in [0.717, 1.165) is 5.56 Å². The number of benzene rings is 2. The monoisotopic (exact) mass is 417 g/mol. The smallest absolute Gasteiger partial charge is 0.339 e. The fourth-order valence-electron chi connectivity index (χ4n) is 2.56. The van der Waals surface area contributed by atoms with E-state index in [1.165, 1.54) is 0 Å². The van der Waals surface area contributed by atoms with Gasteiger partial charge in [-0.3, -0.25) is 0 Å². The van der Waals surface area contributed by atoms with Crippen molar-refractivity contribution in [1.29, 1.82) is 0 Å². The summed E-state index contributed by atoms with van der Waals surface area (Å²) in [6.07, 6.45) is 0. The molecular weight excluding hydrogens is 402 g/mol. The molecule has 8 heteroatoms. The molecule has 26 heavy (non-hydrogen) atoms. The van der Waals surface area contributed by atoms with Gasteiger partial charge in [-0.1, -0.05) is 35.4 Å². The Bertz CT molecular complexity index is 838. The first-order chi connectivity index (χ1) is 12.7. The number of hydrogen-bond acceptors (Lipinski definition) is 5. The van der Waals surface area contributed by atoms with E-state index in [9.17, 15) is 4.79 Å². The summed E-state index contributed by atoms with van der Waals surface area (Å²) < 4.78 is 17.2. The second-order valence-electron chi connectivity index (χ2n) is 5.65. The molecule has 0 saturated carbocycles. The summed E-state index contributed by atoms with van der Waals surface area (Å²) in [5, 5.41) is 3.73. The number of carbonyl (C=O) groups excluding carboxylic acids is 1. The van der Waals surface area contributed by atoms with E-state index in [1.807, 2.05) is 30.3 Å². The minimum Gasteiger partial charge on any atom is -0.491 e. The Morgan fingerprint density at radius 2 is 2.04 bits per heavy atom. The Morgan fingerprint density at radius 3 is 2.81 bits per heavy atom. The van der Waals surface area contributed by atoms with Crippen LogP contribution in [-0.2, 0) is 22.7 Å². The molecule has 1 heterocycles. The Labute approximate surface area is 158 Å². The highest BCUT2D eigenvalue weighted by Crippen LogP contribution is 2.36. The molecule has 1 aliphatic heterocycles. The summed E-state index contributed by atoms with van der Waals surface area (Å²) in [7, 11) is 0. The summed E-state index contributed by atoms with van der Waals surface area (Å²) in [6.45, 7) is 0.938. The van der Waals surface area contributed by atoms with E-state index in [2.05, 4.69) is 26.0 Å². The van der Waals surface area contributed by atoms with Gasteiger partial charge in [0.05, 0.1) is 35.9 Å². The van der Waals surface area contributed by atoms with Crippen LogP contribution in [0.3, 0.4) is 0 Å². The van der Waals surface area contributed by atoms with Crippen LogP contribution in [0.4, 0.5) is 0 Å². The van der Waals surface area contributed by atoms with Crippen molar-refractivity contribution in [2.45, 2.75) is 19.3 Å². The van der Waals surface area contributed by atoms with Gasteiger partial charge in [0.2, 0.25) is 0 Å². The average Bonchev–Trinajstić information content (AvgIpc) is 3.02. The molecule has 0 saturated heterocycles. The number of esters is 1. The quantitative estimate of drug-likeness (QED) is 0.275. The Balaban J connectivity index is 1.61. The Hall–Kier alpha value is -2.54. The molecule has 1 atom stereocenters. The number of carbonyl (C=O) groups is 1. The third-order valence-corrected chi connectivity index (χ3v) is 4.46. The third kappa shape index (κ3) is 4.35. The van der Waals surface area contributed by atoms with Crippen molar-refractivity contribution in [3.8, 4) is 5.75 Å². The molecule has 0 bridgehead atoms. The molecule has 2 aromatic carbocycles. The summed E-state index contributed by atoms with van der Waals surface area (Å²) in [6, 6.07) is 12.6. The molecule has 1 unspecified atom stereocenters. The van der Waals surface area contributed by atoms with Crippen molar-refractivity contribution >= 4 is 21.9 Å². The number of hydrogen-bond donors (Lipinski definition) is 0. The van der Waals surface area contributed by atoms with Crippen LogP contribution < -0.4 is 4.74 Å². The van der Waals surface area contributed by atoms with Crippen LogP contribution in [0.1, 0.15) is 21.5 Å². The van der Waals surface area contributed by atoms with Crippen molar-refractivity contribution in [2.75, 3.05) is 13.2 Å². The lowest BCUT2D eigenvalue weighted by molar-refractivity contribution is 0.0533. The number of azide groups is 1. The van der Waals surface area contributed by atoms with Crippen LogP contribution in [0, 0.1) is 0 Å². The molecule has 0 amide bonds. The maximum absolute atomic E-state index is 11.7. The molecule has 1 aliphatic rings. The molecule has 2 aromatic rings. The van der Waals surface area contributed by atoms with Gasteiger partial charge in [0, 0.05) is 10.5 Å². The topological polar surface area (TPSA) is 93.5 Å². The number of rotatable bonds is 8. The summed E-state index contributed by atoms with van der Waals surface area (Å²) >= 11 is 3.42. The first-order valence-corrected chi connectivity index (χ1v) is 8.75. The molecule has 0 N–H and O–H groups in total. The lowest BCUT2D eigenvalue weighted by Gasteiger charge is -2.16. The maximum atomic E-state index is 11.7. The first-order valence-electron chi connectivity index (χ1n) is 7.96. The second kappa shape index (κ2) is 8.71. The third-order valence-electron chi connectivity index (χ3n) is 3.84. The van der Waals surface area contributed by atoms with Gasteiger partial charge >= 0.3 is 5.97 Å². The van der Waals surface area contributed by atoms with E-state index < -0.39 is 6.04 Å². The fourth-order valence-corrected chi connectivity index (χ4v) is 3.05. The number of halogens is 1. The van der Waals surface area contributed by atoms with Crippen LogP contribution in [0.15, 0.2) is 52.1 Å². The molecule has 134 valence electrons. The summed E-state index contributed by atoms with van der Waals surface area (Å²) in [5.74, 6) is 0.157. The minimum absolute atomic E-state index is 0.127. The van der Waals surface area contributed by atoms with E-state index in [1.54, 1.807) is 12.1 Å². The highest BCUT2D eigenvalue weighted by molar-refractivity contribution is 9.10. The molecule has 3 rings (SSSR count). The molecule has 0 aromatic heterocycles. The van der Waals surface area contributed by atoms with Crippen molar-refractivity contribution in [3.05, 3.63) is 74.1 Å².